The van der Waals surface area contributed by atoms with Gasteiger partial charge in [0.05, 0.1) is 19.3 Å². The Morgan fingerprint density at radius 3 is 2.69 bits per heavy atom. The SMILES string of the molecule is COC(=O)c1ccccc1C1(CON)CC1. The summed E-state index contributed by atoms with van der Waals surface area (Å²) in [5.41, 5.74) is 1.51. The molecule has 0 bridgehead atoms. The van der Waals surface area contributed by atoms with E-state index in [1.54, 1.807) is 6.07 Å². The number of hydrogen-bond acceptors (Lipinski definition) is 4. The Morgan fingerprint density at radius 1 is 1.44 bits per heavy atom. The number of carbonyl (C=O) groups excluding carboxylic acids is 1. The van der Waals surface area contributed by atoms with Gasteiger partial charge >= 0.3 is 5.97 Å². The first-order valence-corrected chi connectivity index (χ1v) is 5.23. The van der Waals surface area contributed by atoms with Crippen molar-refractivity contribution in [2.45, 2.75) is 18.3 Å². The normalized spacial score (nSPS) is 16.9. The van der Waals surface area contributed by atoms with Crippen LogP contribution in [-0.4, -0.2) is 19.7 Å². The van der Waals surface area contributed by atoms with E-state index in [4.69, 9.17) is 15.5 Å². The van der Waals surface area contributed by atoms with Crippen LogP contribution in [0.4, 0.5) is 0 Å². The van der Waals surface area contributed by atoms with Gasteiger partial charge in [-0.2, -0.15) is 0 Å². The third-order valence-corrected chi connectivity index (χ3v) is 3.12. The standard InChI is InChI=1S/C12H15NO3/c1-15-11(14)9-4-2-3-5-10(9)12(6-7-12)8-16-13/h2-5H,6-8,13H2,1H3. The van der Waals surface area contributed by atoms with Crippen LogP contribution in [0.3, 0.4) is 0 Å². The molecule has 1 aliphatic carbocycles. The van der Waals surface area contributed by atoms with E-state index in [9.17, 15) is 4.79 Å². The summed E-state index contributed by atoms with van der Waals surface area (Å²) in [6.07, 6.45) is 2.00. The minimum atomic E-state index is -0.307. The van der Waals surface area contributed by atoms with Crippen molar-refractivity contribution in [3.63, 3.8) is 0 Å². The van der Waals surface area contributed by atoms with Gasteiger partial charge < -0.3 is 9.57 Å². The molecule has 1 saturated carbocycles. The predicted molar refractivity (Wildman–Crippen MR) is 58.8 cm³/mol. The number of carbonyl (C=O) groups is 1. The van der Waals surface area contributed by atoms with Gasteiger partial charge in [0.15, 0.2) is 0 Å². The molecule has 2 rings (SSSR count). The monoisotopic (exact) mass is 221 g/mol. The Morgan fingerprint density at radius 2 is 2.12 bits per heavy atom. The van der Waals surface area contributed by atoms with Gasteiger partial charge in [-0.05, 0) is 24.5 Å². The highest BCUT2D eigenvalue weighted by Crippen LogP contribution is 2.49. The maximum Gasteiger partial charge on any atom is 0.338 e. The Labute approximate surface area is 94.3 Å². The maximum atomic E-state index is 11.6. The Bertz CT molecular complexity index is 399. The highest BCUT2D eigenvalue weighted by atomic mass is 16.6. The van der Waals surface area contributed by atoms with Gasteiger partial charge in [0.25, 0.3) is 0 Å². The molecule has 0 aromatic heterocycles. The van der Waals surface area contributed by atoms with Crippen LogP contribution in [0.5, 0.6) is 0 Å². The summed E-state index contributed by atoms with van der Waals surface area (Å²) >= 11 is 0. The lowest BCUT2D eigenvalue weighted by Gasteiger charge is -2.17. The molecular formula is C12H15NO3. The lowest BCUT2D eigenvalue weighted by atomic mass is 9.92. The molecular weight excluding hydrogens is 206 g/mol. The van der Waals surface area contributed by atoms with Crippen molar-refractivity contribution in [2.75, 3.05) is 13.7 Å². The van der Waals surface area contributed by atoms with Crippen molar-refractivity contribution < 1.29 is 14.4 Å². The quantitative estimate of drug-likeness (QED) is 0.616. The Hall–Kier alpha value is -1.39. The molecule has 0 saturated heterocycles. The van der Waals surface area contributed by atoms with Gasteiger partial charge in [0, 0.05) is 5.41 Å². The molecule has 0 atom stereocenters. The van der Waals surface area contributed by atoms with E-state index in [2.05, 4.69) is 0 Å². The lowest BCUT2D eigenvalue weighted by molar-refractivity contribution is 0.0596. The molecule has 1 fully saturated rings. The first-order valence-electron chi connectivity index (χ1n) is 5.23. The molecule has 4 nitrogen and oxygen atoms in total. The number of rotatable bonds is 4. The summed E-state index contributed by atoms with van der Waals surface area (Å²) in [4.78, 5) is 16.4. The van der Waals surface area contributed by atoms with E-state index < -0.39 is 0 Å². The molecule has 0 spiro atoms. The van der Waals surface area contributed by atoms with E-state index in [1.807, 2.05) is 18.2 Å². The predicted octanol–water partition coefficient (Wildman–Crippen LogP) is 1.40. The number of ether oxygens (including phenoxy) is 1. The van der Waals surface area contributed by atoms with Crippen molar-refractivity contribution >= 4 is 5.97 Å². The second kappa shape index (κ2) is 4.23. The lowest BCUT2D eigenvalue weighted by Crippen LogP contribution is -2.21. The van der Waals surface area contributed by atoms with Gasteiger partial charge in [0.2, 0.25) is 0 Å². The largest absolute Gasteiger partial charge is 0.465 e. The summed E-state index contributed by atoms with van der Waals surface area (Å²) < 4.78 is 4.77. The smallest absolute Gasteiger partial charge is 0.338 e. The molecule has 86 valence electrons. The maximum absolute atomic E-state index is 11.6. The van der Waals surface area contributed by atoms with Crippen LogP contribution in [0.25, 0.3) is 0 Å². The zero-order chi connectivity index (χ0) is 11.6. The highest BCUT2D eigenvalue weighted by Gasteiger charge is 2.46. The topological polar surface area (TPSA) is 61.5 Å². The van der Waals surface area contributed by atoms with Gasteiger partial charge in [-0.3, -0.25) is 0 Å². The second-order valence-corrected chi connectivity index (χ2v) is 4.13. The van der Waals surface area contributed by atoms with Crippen molar-refractivity contribution in [2.24, 2.45) is 5.90 Å². The summed E-state index contributed by atoms with van der Waals surface area (Å²) in [5, 5.41) is 0. The van der Waals surface area contributed by atoms with Crippen molar-refractivity contribution in [3.05, 3.63) is 35.4 Å². The zero-order valence-electron chi connectivity index (χ0n) is 9.23. The summed E-state index contributed by atoms with van der Waals surface area (Å²) in [6, 6.07) is 7.46. The minimum absolute atomic E-state index is 0.0838. The average Bonchev–Trinajstić information content (AvgIpc) is 3.09. The number of esters is 1. The van der Waals surface area contributed by atoms with Crippen LogP contribution in [-0.2, 0) is 15.0 Å². The molecule has 4 heteroatoms. The fraction of sp³-hybridized carbons (Fsp3) is 0.417. The van der Waals surface area contributed by atoms with Crippen LogP contribution in [0, 0.1) is 0 Å². The van der Waals surface area contributed by atoms with Crippen LogP contribution in [0.2, 0.25) is 0 Å². The highest BCUT2D eigenvalue weighted by molar-refractivity contribution is 5.91. The first-order chi connectivity index (χ1) is 7.73. The van der Waals surface area contributed by atoms with Crippen LogP contribution in [0.15, 0.2) is 24.3 Å². The number of methoxy groups -OCH3 is 1. The molecule has 1 aliphatic rings. The molecule has 1 aromatic carbocycles. The molecule has 0 amide bonds. The third-order valence-electron chi connectivity index (χ3n) is 3.12. The van der Waals surface area contributed by atoms with E-state index >= 15 is 0 Å². The van der Waals surface area contributed by atoms with Gasteiger partial charge in [0.1, 0.15) is 0 Å². The van der Waals surface area contributed by atoms with E-state index in [0.717, 1.165) is 18.4 Å². The molecule has 2 N–H and O–H groups in total. The van der Waals surface area contributed by atoms with Gasteiger partial charge in [-0.15, -0.1) is 0 Å². The summed E-state index contributed by atoms with van der Waals surface area (Å²) in [7, 11) is 1.39. The van der Waals surface area contributed by atoms with Crippen molar-refractivity contribution in [3.8, 4) is 0 Å². The van der Waals surface area contributed by atoms with E-state index in [0.29, 0.717) is 12.2 Å². The van der Waals surface area contributed by atoms with Crippen molar-refractivity contribution in [1.82, 2.24) is 0 Å². The van der Waals surface area contributed by atoms with Gasteiger partial charge in [-0.25, -0.2) is 10.7 Å². The summed E-state index contributed by atoms with van der Waals surface area (Å²) in [5.74, 6) is 4.83. The van der Waals surface area contributed by atoms with Crippen molar-refractivity contribution in [1.29, 1.82) is 0 Å². The first kappa shape index (κ1) is 11.1. The minimum Gasteiger partial charge on any atom is -0.465 e. The second-order valence-electron chi connectivity index (χ2n) is 4.13. The Balaban J connectivity index is 2.37. The van der Waals surface area contributed by atoms with Crippen LogP contribution in [0.1, 0.15) is 28.8 Å². The number of nitrogens with two attached hydrogens (primary N) is 1. The third kappa shape index (κ3) is 1.81. The molecule has 0 heterocycles. The fourth-order valence-electron chi connectivity index (χ4n) is 2.04. The molecule has 0 aliphatic heterocycles. The molecule has 16 heavy (non-hydrogen) atoms. The van der Waals surface area contributed by atoms with Gasteiger partial charge in [-0.1, -0.05) is 18.2 Å². The Kier molecular flexibility index (Phi) is 2.94. The zero-order valence-corrected chi connectivity index (χ0v) is 9.23. The van der Waals surface area contributed by atoms with E-state index in [1.165, 1.54) is 7.11 Å². The summed E-state index contributed by atoms with van der Waals surface area (Å²) in [6.45, 7) is 0.445. The van der Waals surface area contributed by atoms with E-state index in [-0.39, 0.29) is 11.4 Å². The molecule has 0 radical (unpaired) electrons. The fourth-order valence-corrected chi connectivity index (χ4v) is 2.04. The number of benzene rings is 1. The molecule has 1 aromatic rings. The van der Waals surface area contributed by atoms with Crippen LogP contribution < -0.4 is 5.90 Å². The number of hydrogen-bond donors (Lipinski definition) is 1. The van der Waals surface area contributed by atoms with Crippen LogP contribution >= 0.6 is 0 Å². The average molecular weight is 221 g/mol. The molecule has 0 unspecified atom stereocenters.